The van der Waals surface area contributed by atoms with Crippen molar-refractivity contribution in [3.8, 4) is 11.3 Å². The fourth-order valence-corrected chi connectivity index (χ4v) is 2.83. The van der Waals surface area contributed by atoms with E-state index in [4.69, 9.17) is 4.52 Å². The highest BCUT2D eigenvalue weighted by molar-refractivity contribution is 5.85. The van der Waals surface area contributed by atoms with Gasteiger partial charge in [-0.15, -0.1) is 12.4 Å². The largest absolute Gasteiger partial charge is 0.359 e. The summed E-state index contributed by atoms with van der Waals surface area (Å²) in [4.78, 5) is 16.3. The molecule has 1 aromatic carbocycles. The molecule has 0 bridgehead atoms. The zero-order valence-corrected chi connectivity index (χ0v) is 15.3. The molecule has 2 heterocycles. The van der Waals surface area contributed by atoms with Gasteiger partial charge in [0.25, 0.3) is 0 Å². The zero-order valence-electron chi connectivity index (χ0n) is 14.5. The molecule has 6 nitrogen and oxygen atoms in total. The second-order valence-corrected chi connectivity index (χ2v) is 6.14. The number of benzene rings is 1. The maximum Gasteiger partial charge on any atom is 0.224 e. The van der Waals surface area contributed by atoms with Gasteiger partial charge in [-0.2, -0.15) is 0 Å². The average molecular weight is 365 g/mol. The first-order chi connectivity index (χ1) is 11.7. The van der Waals surface area contributed by atoms with Gasteiger partial charge < -0.3 is 19.6 Å². The summed E-state index contributed by atoms with van der Waals surface area (Å²) in [6.45, 7) is 5.30. The summed E-state index contributed by atoms with van der Waals surface area (Å²) >= 11 is 0. The van der Waals surface area contributed by atoms with Crippen LogP contribution in [0.4, 0.5) is 0 Å². The Labute approximate surface area is 154 Å². The molecule has 2 aromatic rings. The van der Waals surface area contributed by atoms with Crippen molar-refractivity contribution >= 4 is 18.3 Å². The van der Waals surface area contributed by atoms with Crippen molar-refractivity contribution in [2.24, 2.45) is 0 Å². The number of amides is 1. The molecule has 1 aliphatic heterocycles. The summed E-state index contributed by atoms with van der Waals surface area (Å²) in [5, 5.41) is 7.41. The molecule has 3 rings (SSSR count). The van der Waals surface area contributed by atoms with E-state index in [1.165, 1.54) is 0 Å². The van der Waals surface area contributed by atoms with Gasteiger partial charge in [0.05, 0.1) is 6.54 Å². The number of carbonyl (C=O) groups excluding carboxylic acids is 1. The van der Waals surface area contributed by atoms with Crippen LogP contribution in [0.5, 0.6) is 0 Å². The minimum atomic E-state index is 0. The monoisotopic (exact) mass is 364 g/mol. The Balaban J connectivity index is 0.00000225. The van der Waals surface area contributed by atoms with Gasteiger partial charge in [-0.05, 0) is 0 Å². The molecule has 7 heteroatoms. The quantitative estimate of drug-likeness (QED) is 0.849. The van der Waals surface area contributed by atoms with E-state index < -0.39 is 0 Å². The van der Waals surface area contributed by atoms with Crippen molar-refractivity contribution in [3.63, 3.8) is 0 Å². The van der Waals surface area contributed by atoms with E-state index in [9.17, 15) is 4.79 Å². The van der Waals surface area contributed by atoms with Crippen molar-refractivity contribution in [2.75, 3.05) is 39.8 Å². The van der Waals surface area contributed by atoms with Gasteiger partial charge in [-0.1, -0.05) is 35.5 Å². The van der Waals surface area contributed by atoms with E-state index in [-0.39, 0.29) is 18.3 Å². The second-order valence-electron chi connectivity index (χ2n) is 6.14. The summed E-state index contributed by atoms with van der Waals surface area (Å²) in [6, 6.07) is 11.8. The Morgan fingerprint density at radius 3 is 2.72 bits per heavy atom. The lowest BCUT2D eigenvalue weighted by molar-refractivity contribution is -0.131. The lowest BCUT2D eigenvalue weighted by atomic mass is 10.1. The fourth-order valence-electron chi connectivity index (χ4n) is 2.83. The zero-order chi connectivity index (χ0) is 16.8. The normalized spacial score (nSPS) is 14.8. The lowest BCUT2D eigenvalue weighted by Crippen LogP contribution is -2.44. The van der Waals surface area contributed by atoms with Crippen molar-refractivity contribution < 1.29 is 9.32 Å². The Bertz CT molecular complexity index is 656. The predicted molar refractivity (Wildman–Crippen MR) is 99.6 cm³/mol. The van der Waals surface area contributed by atoms with Gasteiger partial charge in [-0.3, -0.25) is 4.79 Å². The highest BCUT2D eigenvalue weighted by Gasteiger charge is 2.16. The van der Waals surface area contributed by atoms with E-state index in [0.29, 0.717) is 18.7 Å². The van der Waals surface area contributed by atoms with Gasteiger partial charge in [0, 0.05) is 57.8 Å². The number of halogens is 1. The van der Waals surface area contributed by atoms with Gasteiger partial charge >= 0.3 is 0 Å². The fraction of sp³-hybridized carbons (Fsp3) is 0.444. The number of carbonyl (C=O) groups is 1. The van der Waals surface area contributed by atoms with E-state index in [2.05, 4.69) is 15.4 Å². The van der Waals surface area contributed by atoms with Crippen LogP contribution in [-0.2, 0) is 11.3 Å². The Kier molecular flexibility index (Phi) is 7.43. The third-order valence-electron chi connectivity index (χ3n) is 4.30. The van der Waals surface area contributed by atoms with Crippen molar-refractivity contribution in [1.29, 1.82) is 0 Å². The average Bonchev–Trinajstić information content (AvgIpc) is 3.10. The Morgan fingerprint density at radius 1 is 1.28 bits per heavy atom. The van der Waals surface area contributed by atoms with Crippen LogP contribution in [0.1, 0.15) is 12.2 Å². The van der Waals surface area contributed by atoms with E-state index in [0.717, 1.165) is 44.0 Å². The Morgan fingerprint density at radius 2 is 2.00 bits per heavy atom. The minimum absolute atomic E-state index is 0. The van der Waals surface area contributed by atoms with Crippen molar-refractivity contribution in [2.45, 2.75) is 13.0 Å². The topological polar surface area (TPSA) is 61.6 Å². The number of nitrogens with one attached hydrogen (secondary N) is 1. The first kappa shape index (κ1) is 19.4. The maximum absolute atomic E-state index is 12.3. The van der Waals surface area contributed by atoms with Crippen LogP contribution in [0, 0.1) is 0 Å². The van der Waals surface area contributed by atoms with E-state index in [1.807, 2.05) is 43.4 Å². The van der Waals surface area contributed by atoms with Gasteiger partial charge in [0.2, 0.25) is 5.91 Å². The van der Waals surface area contributed by atoms with Crippen LogP contribution in [0.15, 0.2) is 40.9 Å². The molecule has 0 unspecified atom stereocenters. The molecule has 0 spiro atoms. The lowest BCUT2D eigenvalue weighted by Gasteiger charge is -2.27. The number of piperazine rings is 1. The second kappa shape index (κ2) is 9.56. The number of nitrogens with zero attached hydrogens (tertiary/aromatic N) is 3. The molecule has 0 radical (unpaired) electrons. The first-order valence-corrected chi connectivity index (χ1v) is 8.40. The summed E-state index contributed by atoms with van der Waals surface area (Å²) < 4.78 is 5.37. The van der Waals surface area contributed by atoms with Gasteiger partial charge in [0.1, 0.15) is 5.69 Å². The molecule has 1 aliphatic rings. The first-order valence-electron chi connectivity index (χ1n) is 8.40. The number of hydrogen-bond acceptors (Lipinski definition) is 5. The number of hydrogen-bond donors (Lipinski definition) is 1. The number of rotatable bonds is 6. The highest BCUT2D eigenvalue weighted by atomic mass is 35.5. The van der Waals surface area contributed by atoms with Crippen molar-refractivity contribution in [3.05, 3.63) is 42.2 Å². The molecule has 0 atom stereocenters. The molecular weight excluding hydrogens is 340 g/mol. The smallest absolute Gasteiger partial charge is 0.224 e. The Hall–Kier alpha value is -1.89. The van der Waals surface area contributed by atoms with Crippen LogP contribution in [0.3, 0.4) is 0 Å². The molecule has 136 valence electrons. The third kappa shape index (κ3) is 5.56. The summed E-state index contributed by atoms with van der Waals surface area (Å²) in [5.41, 5.74) is 1.81. The highest BCUT2D eigenvalue weighted by Crippen LogP contribution is 2.19. The van der Waals surface area contributed by atoms with E-state index in [1.54, 1.807) is 4.90 Å². The third-order valence-corrected chi connectivity index (χ3v) is 4.30. The van der Waals surface area contributed by atoms with Gasteiger partial charge in [-0.25, -0.2) is 0 Å². The molecule has 1 fully saturated rings. The molecule has 1 aromatic heterocycles. The molecule has 1 amide bonds. The maximum atomic E-state index is 12.3. The van der Waals surface area contributed by atoms with Crippen LogP contribution in [0.2, 0.25) is 0 Å². The summed E-state index contributed by atoms with van der Waals surface area (Å²) in [6.07, 6.45) is 0.538. The van der Waals surface area contributed by atoms with Crippen LogP contribution >= 0.6 is 12.4 Å². The standard InChI is InChI=1S/C18H24N4O2.ClH/c1-21(18(23)7-10-22-11-8-19-9-12-22)14-16-13-17(20-24-16)15-5-3-2-4-6-15;/h2-6,13,19H,7-12,14H2,1H3;1H. The molecule has 0 saturated carbocycles. The van der Waals surface area contributed by atoms with Crippen LogP contribution < -0.4 is 5.32 Å². The molecule has 1 saturated heterocycles. The molecule has 25 heavy (non-hydrogen) atoms. The van der Waals surface area contributed by atoms with E-state index >= 15 is 0 Å². The molecule has 1 N–H and O–H groups in total. The van der Waals surface area contributed by atoms with Crippen molar-refractivity contribution in [1.82, 2.24) is 20.3 Å². The summed E-state index contributed by atoms with van der Waals surface area (Å²) in [7, 11) is 1.81. The summed E-state index contributed by atoms with van der Waals surface area (Å²) in [5.74, 6) is 0.832. The number of aromatic nitrogens is 1. The SMILES string of the molecule is CN(Cc1cc(-c2ccccc2)no1)C(=O)CCN1CCNCC1.Cl. The van der Waals surface area contributed by atoms with Gasteiger partial charge in [0.15, 0.2) is 5.76 Å². The molecular formula is C18H25ClN4O2. The minimum Gasteiger partial charge on any atom is -0.359 e. The van der Waals surface area contributed by atoms with Crippen LogP contribution in [0.25, 0.3) is 11.3 Å². The van der Waals surface area contributed by atoms with Crippen LogP contribution in [-0.4, -0.2) is 60.6 Å². The molecule has 0 aliphatic carbocycles. The predicted octanol–water partition coefficient (Wildman–Crippen LogP) is 2.02.